The Morgan fingerprint density at radius 2 is 1.73 bits per heavy atom. The highest BCUT2D eigenvalue weighted by atomic mass is 19.1. The zero-order valence-electron chi connectivity index (χ0n) is 36.3. The van der Waals surface area contributed by atoms with Gasteiger partial charge in [-0.1, -0.05) is 70.1 Å². The van der Waals surface area contributed by atoms with Gasteiger partial charge in [0.15, 0.2) is 0 Å². The van der Waals surface area contributed by atoms with Crippen LogP contribution in [0.5, 0.6) is 0 Å². The van der Waals surface area contributed by atoms with Crippen LogP contribution < -0.4 is 26.3 Å². The lowest BCUT2D eigenvalue weighted by molar-refractivity contribution is -0.129. The fourth-order valence-electron chi connectivity index (χ4n) is 8.44. The van der Waals surface area contributed by atoms with Gasteiger partial charge in [-0.05, 0) is 80.2 Å². The average Bonchev–Trinajstić information content (AvgIpc) is 3.52. The lowest BCUT2D eigenvalue weighted by Gasteiger charge is -2.35. The molecule has 324 valence electrons. The number of aromatic nitrogens is 2. The first-order chi connectivity index (χ1) is 29.8. The van der Waals surface area contributed by atoms with Crippen molar-refractivity contribution in [2.75, 3.05) is 68.4 Å². The van der Waals surface area contributed by atoms with E-state index in [4.69, 9.17) is 17.8 Å². The minimum Gasteiger partial charge on any atom is -0.384 e. The molecule has 6 rings (SSSR count). The molecule has 0 bridgehead atoms. The molecule has 1 atom stereocenters. The monoisotopic (exact) mass is 839 g/mol. The average molecular weight is 840 g/mol. The number of amides is 3. The number of carbonyl (C=O) groups is 3. The highest BCUT2D eigenvalue weighted by molar-refractivity contribution is 6.40. The molecule has 0 saturated carbocycles. The number of carbonyl (C=O) groups excluding carboxylic acids is 3. The Labute approximate surface area is 366 Å². The molecule has 2 aromatic carbocycles. The van der Waals surface area contributed by atoms with E-state index in [0.717, 1.165) is 97.6 Å². The van der Waals surface area contributed by atoms with Crippen molar-refractivity contribution in [3.63, 3.8) is 0 Å². The van der Waals surface area contributed by atoms with Crippen LogP contribution >= 0.6 is 0 Å². The number of rotatable bonds is 19. The second-order valence-corrected chi connectivity index (χ2v) is 16.2. The third kappa shape index (κ3) is 10.3. The summed E-state index contributed by atoms with van der Waals surface area (Å²) in [6, 6.07) is 7.55. The molecule has 14 heteroatoms. The van der Waals surface area contributed by atoms with Crippen LogP contribution in [-0.2, 0) is 9.59 Å². The van der Waals surface area contributed by atoms with Gasteiger partial charge in [-0.2, -0.15) is 4.98 Å². The van der Waals surface area contributed by atoms with Gasteiger partial charge >= 0.3 is 0 Å². The molecule has 1 aromatic heterocycles. The van der Waals surface area contributed by atoms with Crippen molar-refractivity contribution in [1.29, 1.82) is 0 Å². The van der Waals surface area contributed by atoms with Crippen LogP contribution in [0.4, 0.5) is 21.8 Å². The molecule has 3 aliphatic rings. The molecule has 3 amide bonds. The highest BCUT2D eigenvalue weighted by Gasteiger charge is 2.39. The van der Waals surface area contributed by atoms with Crippen LogP contribution in [0.3, 0.4) is 0 Å². The molecule has 3 N–H and O–H groups in total. The number of aryl methyl sites for hydroxylation is 1. The van der Waals surface area contributed by atoms with Crippen LogP contribution in [0.1, 0.15) is 84.8 Å². The lowest BCUT2D eigenvalue weighted by Crippen LogP contribution is -2.48. The normalized spacial score (nSPS) is 16.7. The molecule has 2 fully saturated rings. The van der Waals surface area contributed by atoms with Gasteiger partial charge in [-0.3, -0.25) is 19.3 Å². The van der Waals surface area contributed by atoms with Crippen molar-refractivity contribution in [3.8, 4) is 0 Å². The molecule has 3 aliphatic heterocycles. The number of hydrogen-bond acceptors (Lipinski definition) is 9. The van der Waals surface area contributed by atoms with Crippen molar-refractivity contribution in [1.82, 2.24) is 30.0 Å². The number of fused-ring (bicyclic) bond motifs is 2. The van der Waals surface area contributed by atoms with Gasteiger partial charge in [0.1, 0.15) is 19.5 Å². The highest BCUT2D eigenvalue weighted by Crippen LogP contribution is 2.41. The van der Waals surface area contributed by atoms with E-state index >= 15 is 0 Å². The molecular formula is C48H59BFN9O3. The summed E-state index contributed by atoms with van der Waals surface area (Å²) in [5.41, 5.74) is 6.92. The number of nitrogens with zero attached hydrogens (tertiary/aromatic N) is 6. The maximum absolute atomic E-state index is 14.3. The minimum absolute atomic E-state index is 0.0150. The third-order valence-electron chi connectivity index (χ3n) is 11.9. The van der Waals surface area contributed by atoms with Gasteiger partial charge in [0, 0.05) is 93.0 Å². The van der Waals surface area contributed by atoms with Gasteiger partial charge in [0.05, 0.1) is 17.1 Å². The van der Waals surface area contributed by atoms with E-state index in [1.165, 1.54) is 12.2 Å². The second kappa shape index (κ2) is 20.6. The molecule has 0 spiro atoms. The number of anilines is 3. The van der Waals surface area contributed by atoms with Crippen molar-refractivity contribution >= 4 is 71.2 Å². The van der Waals surface area contributed by atoms with E-state index in [0.29, 0.717) is 78.8 Å². The summed E-state index contributed by atoms with van der Waals surface area (Å²) in [4.78, 5) is 55.8. The fourth-order valence-corrected chi connectivity index (χ4v) is 8.44. The number of piperazine rings is 1. The molecule has 0 aliphatic carbocycles. The van der Waals surface area contributed by atoms with Crippen LogP contribution in [-0.4, -0.2) is 109 Å². The maximum atomic E-state index is 14.3. The van der Waals surface area contributed by atoms with Gasteiger partial charge < -0.3 is 30.7 Å². The van der Waals surface area contributed by atoms with Gasteiger partial charge in [-0.15, -0.1) is 0 Å². The van der Waals surface area contributed by atoms with Crippen molar-refractivity contribution < 1.29 is 18.8 Å². The third-order valence-corrected chi connectivity index (χ3v) is 11.9. The van der Waals surface area contributed by atoms with Crippen LogP contribution in [0.15, 0.2) is 86.5 Å². The number of benzene rings is 2. The number of hydrogen-bond donors (Lipinski definition) is 3. The van der Waals surface area contributed by atoms with Gasteiger partial charge in [-0.25, -0.2) is 9.37 Å². The minimum atomic E-state index is -0.513. The lowest BCUT2D eigenvalue weighted by atomic mass is 9.85. The molecule has 4 heterocycles. The van der Waals surface area contributed by atoms with Crippen molar-refractivity contribution in [2.24, 2.45) is 0 Å². The van der Waals surface area contributed by atoms with E-state index in [1.807, 2.05) is 38.2 Å². The number of nitrogens with one attached hydrogen (secondary N) is 3. The largest absolute Gasteiger partial charge is 0.384 e. The topological polar surface area (TPSA) is 126 Å². The Kier molecular flexibility index (Phi) is 15.1. The summed E-state index contributed by atoms with van der Waals surface area (Å²) in [6.07, 6.45) is 11.8. The molecular weight excluding hydrogens is 780 g/mol. The predicted molar refractivity (Wildman–Crippen MR) is 251 cm³/mol. The first kappa shape index (κ1) is 45.4. The second-order valence-electron chi connectivity index (χ2n) is 16.2. The Hall–Kier alpha value is -6.18. The Bertz CT molecular complexity index is 2300. The Morgan fingerprint density at radius 3 is 2.44 bits per heavy atom. The van der Waals surface area contributed by atoms with Crippen molar-refractivity contribution in [3.05, 3.63) is 109 Å². The van der Waals surface area contributed by atoms with E-state index < -0.39 is 5.83 Å². The van der Waals surface area contributed by atoms with Gasteiger partial charge in [0.25, 0.3) is 5.91 Å². The zero-order chi connectivity index (χ0) is 44.5. The van der Waals surface area contributed by atoms with Crippen LogP contribution in [0, 0.1) is 6.92 Å². The summed E-state index contributed by atoms with van der Waals surface area (Å²) < 4.78 is 14.3. The van der Waals surface area contributed by atoms with E-state index in [1.54, 1.807) is 14.7 Å². The number of allylic oxidation sites excluding steroid dienone is 3. The van der Waals surface area contributed by atoms with E-state index in [2.05, 4.69) is 53.7 Å². The number of halogens is 1. The first-order valence-electron chi connectivity index (χ1n) is 21.6. The summed E-state index contributed by atoms with van der Waals surface area (Å²) in [5.74, 6) is 0.309. The molecule has 1 unspecified atom stereocenters. The van der Waals surface area contributed by atoms with E-state index in [9.17, 15) is 18.8 Å². The summed E-state index contributed by atoms with van der Waals surface area (Å²) in [7, 11) is 8.46. The Morgan fingerprint density at radius 1 is 1.00 bits per heavy atom. The maximum Gasteiger partial charge on any atom is 0.259 e. The Balaban J connectivity index is 0.938. The molecule has 2 saturated heterocycles. The molecule has 3 aromatic rings. The number of unbranched alkanes of at least 4 members (excludes halogenated alkanes) is 5. The summed E-state index contributed by atoms with van der Waals surface area (Å²) in [5, 5.41) is 10.7. The zero-order valence-corrected chi connectivity index (χ0v) is 36.3. The standard InChI is InChI=1S/C48H59BFN9O3/c1-8-35(50)30-37-31(3)29-38-45(44(37)49)54-48(55-46(38)58-27-25-57(26-28-58)41(60)9-2)52-23-21-42(61)56(7)24-15-13-11-10-12-14-22-51-39-18-16-17-36-43(39)34(6)59(47(36)62)40-20-19-32(4)53-33(40)5/h8-9,16-18,29-30,40,51,53H,1-2,4-6,10-15,19-28H2,3,7H3,(H,52,54,55)/b35-30-. The van der Waals surface area contributed by atoms with Gasteiger partial charge in [0.2, 0.25) is 17.8 Å². The first-order valence-corrected chi connectivity index (χ1v) is 21.6. The summed E-state index contributed by atoms with van der Waals surface area (Å²) in [6.45, 7) is 25.3. The SMILES string of the molecule is [B]c1c(/C=C(\F)C=C)c(C)cc2c(N3CCN(C(=O)C=C)CC3)nc(NCCC(=O)N(C)CCCCCCCCNc3cccc4c3C(=C)N(C3CCC(=C)NC3=C)C4=O)nc12. The predicted octanol–water partition coefficient (Wildman–Crippen LogP) is 6.98. The number of piperidine rings is 1. The van der Waals surface area contributed by atoms with Crippen LogP contribution in [0.25, 0.3) is 22.7 Å². The van der Waals surface area contributed by atoms with Crippen LogP contribution in [0.2, 0.25) is 0 Å². The molecule has 12 nitrogen and oxygen atoms in total. The van der Waals surface area contributed by atoms with E-state index in [-0.39, 0.29) is 30.2 Å². The molecule has 2 radical (unpaired) electrons. The fraction of sp³-hybridized carbons (Fsp3) is 0.396. The molecule has 62 heavy (non-hydrogen) atoms. The smallest absolute Gasteiger partial charge is 0.259 e. The quantitative estimate of drug-likeness (QED) is 0.0508. The summed E-state index contributed by atoms with van der Waals surface area (Å²) >= 11 is 0. The van der Waals surface area contributed by atoms with Crippen molar-refractivity contribution in [2.45, 2.75) is 70.8 Å².